The molecule has 1 spiro atoms. The van der Waals surface area contributed by atoms with E-state index in [1.807, 2.05) is 49.9 Å². The maximum Gasteiger partial charge on any atom is 0.253 e. The molecule has 5 rings (SSSR count). The Bertz CT molecular complexity index is 1210. The summed E-state index contributed by atoms with van der Waals surface area (Å²) in [6.45, 7) is 6.99. The lowest BCUT2D eigenvalue weighted by Crippen LogP contribution is -2.52. The van der Waals surface area contributed by atoms with Crippen LogP contribution < -0.4 is 9.47 Å². The second-order valence-electron chi connectivity index (χ2n) is 9.13. The van der Waals surface area contributed by atoms with Crippen molar-refractivity contribution in [1.29, 1.82) is 0 Å². The van der Waals surface area contributed by atoms with E-state index in [0.29, 0.717) is 55.0 Å². The number of likely N-dealkylation sites (tertiary alicyclic amines) is 1. The first kappa shape index (κ1) is 20.5. The van der Waals surface area contributed by atoms with Gasteiger partial charge in [-0.3, -0.25) is 14.7 Å². The standard InChI is InChI=1S/C25H27N3O4/c1-15(2)31-19-4-5-22-20(12-19)21(29)13-25(32-22)6-8-28(9-7-25)24(30)17-10-16(3)23-18(11-17)14-26-27-23/h4-5,10-12,14-15H,6-9,13H2,1-3H3,(H,26,27). The number of nitrogens with zero attached hydrogens (tertiary/aromatic N) is 2. The van der Waals surface area contributed by atoms with E-state index in [1.54, 1.807) is 12.3 Å². The summed E-state index contributed by atoms with van der Waals surface area (Å²) in [6, 6.07) is 9.23. The normalized spacial score (nSPS) is 17.5. The summed E-state index contributed by atoms with van der Waals surface area (Å²) >= 11 is 0. The van der Waals surface area contributed by atoms with Crippen molar-refractivity contribution in [2.75, 3.05) is 13.1 Å². The molecule has 1 aromatic heterocycles. The van der Waals surface area contributed by atoms with Gasteiger partial charge >= 0.3 is 0 Å². The average Bonchev–Trinajstić information content (AvgIpc) is 3.23. The van der Waals surface area contributed by atoms with Crippen LogP contribution in [0.1, 0.15) is 59.4 Å². The predicted octanol–water partition coefficient (Wildman–Crippen LogP) is 4.30. The predicted molar refractivity (Wildman–Crippen MR) is 120 cm³/mol. The number of aromatic nitrogens is 2. The number of aryl methyl sites for hydroxylation is 1. The summed E-state index contributed by atoms with van der Waals surface area (Å²) in [7, 11) is 0. The van der Waals surface area contributed by atoms with Crippen molar-refractivity contribution >= 4 is 22.6 Å². The summed E-state index contributed by atoms with van der Waals surface area (Å²) in [4.78, 5) is 28.0. The lowest BCUT2D eigenvalue weighted by atomic mass is 9.82. The van der Waals surface area contributed by atoms with Crippen molar-refractivity contribution < 1.29 is 19.1 Å². The van der Waals surface area contributed by atoms with E-state index < -0.39 is 5.60 Å². The molecule has 0 aliphatic carbocycles. The number of nitrogens with one attached hydrogen (secondary N) is 1. The number of hydrogen-bond donors (Lipinski definition) is 1. The Morgan fingerprint density at radius 1 is 1.22 bits per heavy atom. The van der Waals surface area contributed by atoms with Crippen molar-refractivity contribution in [3.63, 3.8) is 0 Å². The third-order valence-corrected chi connectivity index (χ3v) is 6.39. The van der Waals surface area contributed by atoms with E-state index in [1.165, 1.54) is 0 Å². The summed E-state index contributed by atoms with van der Waals surface area (Å²) in [6.07, 6.45) is 3.36. The van der Waals surface area contributed by atoms with Crippen LogP contribution in [-0.4, -0.2) is 51.6 Å². The molecule has 0 atom stereocenters. The first-order chi connectivity index (χ1) is 15.3. The summed E-state index contributed by atoms with van der Waals surface area (Å²) in [5.74, 6) is 1.36. The van der Waals surface area contributed by atoms with Crippen LogP contribution in [0, 0.1) is 6.92 Å². The minimum atomic E-state index is -0.550. The maximum atomic E-state index is 13.2. The monoisotopic (exact) mass is 433 g/mol. The van der Waals surface area contributed by atoms with Crippen molar-refractivity contribution in [2.24, 2.45) is 0 Å². The topological polar surface area (TPSA) is 84.5 Å². The van der Waals surface area contributed by atoms with Crippen LogP contribution in [0.15, 0.2) is 36.5 Å². The highest BCUT2D eigenvalue weighted by molar-refractivity contribution is 6.01. The average molecular weight is 434 g/mol. The molecule has 0 unspecified atom stereocenters. The third-order valence-electron chi connectivity index (χ3n) is 6.39. The molecule has 3 heterocycles. The fourth-order valence-electron chi connectivity index (χ4n) is 4.76. The summed E-state index contributed by atoms with van der Waals surface area (Å²) < 4.78 is 12.1. The molecule has 0 saturated carbocycles. The molecule has 7 heteroatoms. The van der Waals surface area contributed by atoms with E-state index in [4.69, 9.17) is 9.47 Å². The Kier molecular flexibility index (Phi) is 4.92. The Balaban J connectivity index is 1.30. The summed E-state index contributed by atoms with van der Waals surface area (Å²) in [5, 5.41) is 7.97. The summed E-state index contributed by atoms with van der Waals surface area (Å²) in [5.41, 5.74) is 2.64. The fraction of sp³-hybridized carbons (Fsp3) is 0.400. The zero-order valence-electron chi connectivity index (χ0n) is 18.6. The molecule has 2 aromatic carbocycles. The second-order valence-corrected chi connectivity index (χ2v) is 9.13. The van der Waals surface area contributed by atoms with Gasteiger partial charge in [-0.05, 0) is 56.7 Å². The number of fused-ring (bicyclic) bond motifs is 2. The number of ether oxygens (including phenoxy) is 2. The highest BCUT2D eigenvalue weighted by Gasteiger charge is 2.44. The van der Waals surface area contributed by atoms with Gasteiger partial charge in [0.05, 0.1) is 29.8 Å². The molecule has 166 valence electrons. The van der Waals surface area contributed by atoms with Crippen LogP contribution in [0.3, 0.4) is 0 Å². The van der Waals surface area contributed by atoms with Crippen molar-refractivity contribution in [2.45, 2.75) is 51.7 Å². The largest absolute Gasteiger partial charge is 0.491 e. The number of Topliss-reactive ketones (excluding diaryl/α,β-unsaturated/α-hetero) is 1. The van der Waals surface area contributed by atoms with Gasteiger partial charge in [-0.1, -0.05) is 0 Å². The molecule has 0 radical (unpaired) electrons. The molecule has 2 aliphatic rings. The second kappa shape index (κ2) is 7.65. The molecule has 0 bridgehead atoms. The van der Waals surface area contributed by atoms with Crippen molar-refractivity contribution in [3.8, 4) is 11.5 Å². The molecular formula is C25H27N3O4. The van der Waals surface area contributed by atoms with Crippen LogP contribution in [0.25, 0.3) is 10.9 Å². The number of rotatable bonds is 3. The number of piperidine rings is 1. The van der Waals surface area contributed by atoms with Crippen LogP contribution in [0.4, 0.5) is 0 Å². The number of aromatic amines is 1. The molecule has 7 nitrogen and oxygen atoms in total. The Morgan fingerprint density at radius 2 is 2.00 bits per heavy atom. The van der Waals surface area contributed by atoms with E-state index in [2.05, 4.69) is 10.2 Å². The smallest absolute Gasteiger partial charge is 0.253 e. The highest BCUT2D eigenvalue weighted by atomic mass is 16.5. The molecule has 1 saturated heterocycles. The van der Waals surface area contributed by atoms with Gasteiger partial charge in [0.15, 0.2) is 5.78 Å². The zero-order chi connectivity index (χ0) is 22.5. The first-order valence-corrected chi connectivity index (χ1v) is 11.1. The molecule has 1 N–H and O–H groups in total. The van der Waals surface area contributed by atoms with E-state index >= 15 is 0 Å². The quantitative estimate of drug-likeness (QED) is 0.666. The van der Waals surface area contributed by atoms with E-state index in [-0.39, 0.29) is 17.8 Å². The molecule has 3 aromatic rings. The minimum Gasteiger partial charge on any atom is -0.491 e. The minimum absolute atomic E-state index is 0.00376. The number of ketones is 1. The Morgan fingerprint density at radius 3 is 2.75 bits per heavy atom. The molecular weight excluding hydrogens is 406 g/mol. The van der Waals surface area contributed by atoms with Gasteiger partial charge in [0, 0.05) is 36.9 Å². The fourth-order valence-corrected chi connectivity index (χ4v) is 4.76. The maximum absolute atomic E-state index is 13.2. The number of H-pyrrole nitrogens is 1. The molecule has 1 amide bonds. The molecule has 32 heavy (non-hydrogen) atoms. The van der Waals surface area contributed by atoms with Gasteiger partial charge in [0.2, 0.25) is 0 Å². The van der Waals surface area contributed by atoms with E-state index in [9.17, 15) is 9.59 Å². The highest BCUT2D eigenvalue weighted by Crippen LogP contribution is 2.41. The lowest BCUT2D eigenvalue weighted by molar-refractivity contribution is -0.00581. The number of carbonyl (C=O) groups is 2. The van der Waals surface area contributed by atoms with Crippen LogP contribution in [-0.2, 0) is 0 Å². The number of benzene rings is 2. The van der Waals surface area contributed by atoms with Gasteiger partial charge in [-0.25, -0.2) is 0 Å². The van der Waals surface area contributed by atoms with Crippen molar-refractivity contribution in [3.05, 3.63) is 53.2 Å². The van der Waals surface area contributed by atoms with Crippen molar-refractivity contribution in [1.82, 2.24) is 15.1 Å². The van der Waals surface area contributed by atoms with Crippen LogP contribution >= 0.6 is 0 Å². The lowest BCUT2D eigenvalue weighted by Gasteiger charge is -2.44. The van der Waals surface area contributed by atoms with Crippen LogP contribution in [0.5, 0.6) is 11.5 Å². The Labute approximate surface area is 186 Å². The number of hydrogen-bond acceptors (Lipinski definition) is 5. The molecule has 2 aliphatic heterocycles. The van der Waals surface area contributed by atoms with Gasteiger partial charge in [0.1, 0.15) is 17.1 Å². The van der Waals surface area contributed by atoms with Crippen LogP contribution in [0.2, 0.25) is 0 Å². The number of amides is 1. The Hall–Kier alpha value is -3.35. The van der Waals surface area contributed by atoms with E-state index in [0.717, 1.165) is 16.5 Å². The zero-order valence-corrected chi connectivity index (χ0v) is 18.6. The third kappa shape index (κ3) is 3.61. The first-order valence-electron chi connectivity index (χ1n) is 11.1. The van der Waals surface area contributed by atoms with Gasteiger partial charge in [-0.2, -0.15) is 5.10 Å². The SMILES string of the molecule is Cc1cc(C(=O)N2CCC3(CC2)CC(=O)c2cc(OC(C)C)ccc2O3)cc2cn[nH]c12. The van der Waals surface area contributed by atoms with Gasteiger partial charge in [-0.15, -0.1) is 0 Å². The van der Waals surface area contributed by atoms with Gasteiger partial charge in [0.25, 0.3) is 5.91 Å². The number of carbonyl (C=O) groups excluding carboxylic acids is 2. The molecule has 1 fully saturated rings. The van der Waals surface area contributed by atoms with Gasteiger partial charge < -0.3 is 14.4 Å².